The van der Waals surface area contributed by atoms with Gasteiger partial charge in [-0.1, -0.05) is 0 Å². The Morgan fingerprint density at radius 2 is 1.77 bits per heavy atom. The molecule has 3 aromatic rings. The highest BCUT2D eigenvalue weighted by molar-refractivity contribution is 5.99. The summed E-state index contributed by atoms with van der Waals surface area (Å²) < 4.78 is 16.5. The Hall–Kier alpha value is -2.11. The molecule has 0 aliphatic carbocycles. The van der Waals surface area contributed by atoms with E-state index in [-0.39, 0.29) is 19.8 Å². The van der Waals surface area contributed by atoms with Crippen LogP contribution in [-0.2, 0) is 11.3 Å². The molecular formula is C17H18O5. The van der Waals surface area contributed by atoms with Gasteiger partial charge in [-0.05, 0) is 38.0 Å². The SMILES string of the molecule is Cc1oc2c(C)c3oc(=O)cc(COCCO)c3cc2c1C. The van der Waals surface area contributed by atoms with E-state index in [0.717, 1.165) is 38.8 Å². The van der Waals surface area contributed by atoms with Gasteiger partial charge in [0.15, 0.2) is 0 Å². The number of benzene rings is 1. The van der Waals surface area contributed by atoms with Gasteiger partial charge in [0.1, 0.15) is 16.9 Å². The molecule has 2 aromatic heterocycles. The standard InChI is InChI=1S/C17H18O5/c1-9-11(3)21-16-10(2)17-14(7-13(9)16)12(6-15(19)22-17)8-20-5-4-18/h6-7,18H,4-5,8H2,1-3H3. The van der Waals surface area contributed by atoms with Crippen LogP contribution < -0.4 is 5.63 Å². The highest BCUT2D eigenvalue weighted by Gasteiger charge is 2.16. The normalized spacial score (nSPS) is 11.6. The highest BCUT2D eigenvalue weighted by Crippen LogP contribution is 2.33. The Labute approximate surface area is 127 Å². The molecule has 5 heteroatoms. The van der Waals surface area contributed by atoms with Crippen molar-refractivity contribution in [1.29, 1.82) is 0 Å². The van der Waals surface area contributed by atoms with Gasteiger partial charge in [0.25, 0.3) is 0 Å². The quantitative estimate of drug-likeness (QED) is 0.592. The zero-order valence-corrected chi connectivity index (χ0v) is 12.9. The van der Waals surface area contributed by atoms with Crippen LogP contribution in [0.25, 0.3) is 21.9 Å². The van der Waals surface area contributed by atoms with Crippen molar-refractivity contribution in [3.63, 3.8) is 0 Å². The summed E-state index contributed by atoms with van der Waals surface area (Å²) in [7, 11) is 0. The predicted octanol–water partition coefficient (Wildman–Crippen LogP) is 2.97. The minimum Gasteiger partial charge on any atom is -0.461 e. The van der Waals surface area contributed by atoms with Crippen LogP contribution in [-0.4, -0.2) is 18.3 Å². The van der Waals surface area contributed by atoms with Gasteiger partial charge in [0.05, 0.1) is 19.8 Å². The summed E-state index contributed by atoms with van der Waals surface area (Å²) in [6.07, 6.45) is 0. The summed E-state index contributed by atoms with van der Waals surface area (Å²) in [6, 6.07) is 3.41. The lowest BCUT2D eigenvalue weighted by molar-refractivity contribution is 0.0820. The van der Waals surface area contributed by atoms with Crippen molar-refractivity contribution in [2.45, 2.75) is 27.4 Å². The summed E-state index contributed by atoms with van der Waals surface area (Å²) in [5, 5.41) is 10.7. The van der Waals surface area contributed by atoms with Crippen molar-refractivity contribution >= 4 is 21.9 Å². The van der Waals surface area contributed by atoms with Crippen molar-refractivity contribution in [2.75, 3.05) is 13.2 Å². The molecule has 0 radical (unpaired) electrons. The second-order valence-corrected chi connectivity index (χ2v) is 5.41. The molecule has 1 N–H and O–H groups in total. The number of fused-ring (bicyclic) bond motifs is 2. The molecule has 116 valence electrons. The molecule has 0 unspecified atom stereocenters. The second kappa shape index (κ2) is 5.59. The van der Waals surface area contributed by atoms with Crippen LogP contribution in [0.3, 0.4) is 0 Å². The molecule has 0 spiro atoms. The Morgan fingerprint density at radius 3 is 2.50 bits per heavy atom. The monoisotopic (exact) mass is 302 g/mol. The fourth-order valence-corrected chi connectivity index (χ4v) is 2.70. The molecule has 1 aromatic carbocycles. The summed E-state index contributed by atoms with van der Waals surface area (Å²) in [4.78, 5) is 11.8. The Morgan fingerprint density at radius 1 is 1.05 bits per heavy atom. The van der Waals surface area contributed by atoms with Crippen LogP contribution in [0.5, 0.6) is 0 Å². The van der Waals surface area contributed by atoms with E-state index in [0.29, 0.717) is 5.58 Å². The number of aliphatic hydroxyl groups excluding tert-OH is 1. The second-order valence-electron chi connectivity index (χ2n) is 5.41. The summed E-state index contributed by atoms with van der Waals surface area (Å²) in [5.74, 6) is 0.855. The lowest BCUT2D eigenvalue weighted by atomic mass is 10.0. The first kappa shape index (κ1) is 14.8. The fraction of sp³-hybridized carbons (Fsp3) is 0.353. The largest absolute Gasteiger partial charge is 0.461 e. The van der Waals surface area contributed by atoms with Crippen LogP contribution in [0.2, 0.25) is 0 Å². The highest BCUT2D eigenvalue weighted by atomic mass is 16.5. The zero-order valence-electron chi connectivity index (χ0n) is 12.9. The van der Waals surface area contributed by atoms with E-state index in [1.54, 1.807) is 0 Å². The van der Waals surface area contributed by atoms with Crippen molar-refractivity contribution in [3.05, 3.63) is 45.0 Å². The van der Waals surface area contributed by atoms with Crippen LogP contribution in [0, 0.1) is 20.8 Å². The molecule has 0 amide bonds. The third-order valence-corrected chi connectivity index (χ3v) is 3.98. The van der Waals surface area contributed by atoms with Crippen molar-refractivity contribution in [2.24, 2.45) is 0 Å². The average molecular weight is 302 g/mol. The van der Waals surface area contributed by atoms with Crippen LogP contribution in [0.4, 0.5) is 0 Å². The molecule has 3 rings (SSSR count). The number of hydrogen-bond acceptors (Lipinski definition) is 5. The molecule has 0 fully saturated rings. The molecule has 22 heavy (non-hydrogen) atoms. The van der Waals surface area contributed by atoms with E-state index in [2.05, 4.69) is 0 Å². The maximum absolute atomic E-state index is 11.8. The zero-order chi connectivity index (χ0) is 15.9. The summed E-state index contributed by atoms with van der Waals surface area (Å²) in [6.45, 7) is 6.24. The number of furan rings is 1. The van der Waals surface area contributed by atoms with Crippen LogP contribution >= 0.6 is 0 Å². The third kappa shape index (κ3) is 2.32. The lowest BCUT2D eigenvalue weighted by Crippen LogP contribution is -2.05. The van der Waals surface area contributed by atoms with Gasteiger partial charge in [-0.25, -0.2) is 4.79 Å². The van der Waals surface area contributed by atoms with E-state index < -0.39 is 5.63 Å². The van der Waals surface area contributed by atoms with Crippen LogP contribution in [0.15, 0.2) is 25.8 Å². The first-order valence-corrected chi connectivity index (χ1v) is 7.17. The van der Waals surface area contributed by atoms with Crippen molar-refractivity contribution in [1.82, 2.24) is 0 Å². The first-order valence-electron chi connectivity index (χ1n) is 7.17. The minimum atomic E-state index is -0.419. The Kier molecular flexibility index (Phi) is 3.76. The van der Waals surface area contributed by atoms with Gasteiger partial charge < -0.3 is 18.7 Å². The number of hydrogen-bond donors (Lipinski definition) is 1. The van der Waals surface area contributed by atoms with Gasteiger partial charge in [-0.15, -0.1) is 0 Å². The number of aryl methyl sites for hydroxylation is 3. The number of ether oxygens (including phenoxy) is 1. The van der Waals surface area contributed by atoms with Crippen molar-refractivity contribution < 1.29 is 18.7 Å². The average Bonchev–Trinajstić information content (AvgIpc) is 2.77. The molecule has 0 atom stereocenters. The number of aliphatic hydroxyl groups is 1. The maximum Gasteiger partial charge on any atom is 0.336 e. The predicted molar refractivity (Wildman–Crippen MR) is 83.2 cm³/mol. The van der Waals surface area contributed by atoms with E-state index in [4.69, 9.17) is 18.7 Å². The minimum absolute atomic E-state index is 0.0529. The summed E-state index contributed by atoms with van der Waals surface area (Å²) >= 11 is 0. The topological polar surface area (TPSA) is 72.8 Å². The smallest absolute Gasteiger partial charge is 0.336 e. The first-order chi connectivity index (χ1) is 10.5. The lowest BCUT2D eigenvalue weighted by Gasteiger charge is -2.08. The van der Waals surface area contributed by atoms with E-state index >= 15 is 0 Å². The molecule has 0 saturated heterocycles. The molecule has 0 saturated carbocycles. The van der Waals surface area contributed by atoms with Gasteiger partial charge >= 0.3 is 5.63 Å². The van der Waals surface area contributed by atoms with Gasteiger partial charge in [0, 0.05) is 22.4 Å². The van der Waals surface area contributed by atoms with E-state index in [1.165, 1.54) is 6.07 Å². The molecule has 0 bridgehead atoms. The molecular weight excluding hydrogens is 284 g/mol. The molecule has 2 heterocycles. The molecule has 5 nitrogen and oxygen atoms in total. The third-order valence-electron chi connectivity index (χ3n) is 3.98. The molecule has 0 aliphatic rings. The van der Waals surface area contributed by atoms with E-state index in [9.17, 15) is 4.79 Å². The van der Waals surface area contributed by atoms with E-state index in [1.807, 2.05) is 26.8 Å². The van der Waals surface area contributed by atoms with Crippen molar-refractivity contribution in [3.8, 4) is 0 Å². The summed E-state index contributed by atoms with van der Waals surface area (Å²) in [5.41, 5.74) is 3.49. The molecule has 0 aliphatic heterocycles. The maximum atomic E-state index is 11.8. The van der Waals surface area contributed by atoms with Gasteiger partial charge in [-0.3, -0.25) is 0 Å². The van der Waals surface area contributed by atoms with Crippen LogP contribution in [0.1, 0.15) is 22.5 Å². The van der Waals surface area contributed by atoms with Gasteiger partial charge in [-0.2, -0.15) is 0 Å². The van der Waals surface area contributed by atoms with Gasteiger partial charge in [0.2, 0.25) is 0 Å². The Bertz CT molecular complexity index is 901. The fourth-order valence-electron chi connectivity index (χ4n) is 2.70. The number of rotatable bonds is 4. The Balaban J connectivity index is 2.30.